The Bertz CT molecular complexity index is 1320. The van der Waals surface area contributed by atoms with Crippen molar-refractivity contribution in [3.05, 3.63) is 47.8 Å². The molecule has 4 amide bonds. The normalized spacial score (nSPS) is 17.5. The van der Waals surface area contributed by atoms with E-state index in [9.17, 15) is 19.2 Å². The first-order valence-electron chi connectivity index (χ1n) is 15.7. The van der Waals surface area contributed by atoms with Gasteiger partial charge in [-0.2, -0.15) is 5.10 Å². The van der Waals surface area contributed by atoms with Crippen LogP contribution in [0.25, 0.3) is 0 Å². The molecule has 1 saturated heterocycles. The molecule has 2 atom stereocenters. The molecule has 0 spiro atoms. The fraction of sp³-hybridized carbons (Fsp3) is 0.545. The smallest absolute Gasteiger partial charge is 0.270 e. The van der Waals surface area contributed by atoms with E-state index < -0.39 is 12.1 Å². The lowest BCUT2D eigenvalue weighted by Crippen LogP contribution is -2.54. The van der Waals surface area contributed by atoms with Gasteiger partial charge in [0.15, 0.2) is 0 Å². The number of amides is 4. The van der Waals surface area contributed by atoms with E-state index in [1.165, 1.54) is 10.9 Å². The molecule has 236 valence electrons. The molecule has 1 aliphatic carbocycles. The number of piperazine rings is 1. The fourth-order valence-corrected chi connectivity index (χ4v) is 5.92. The number of terminal acetylenes is 1. The Morgan fingerprint density at radius 1 is 0.977 bits per heavy atom. The molecule has 44 heavy (non-hydrogen) atoms. The van der Waals surface area contributed by atoms with E-state index in [1.807, 2.05) is 24.1 Å². The van der Waals surface area contributed by atoms with E-state index in [4.69, 9.17) is 6.42 Å². The Kier molecular flexibility index (Phi) is 11.9. The summed E-state index contributed by atoms with van der Waals surface area (Å²) in [5.74, 6) is 1.59. The summed E-state index contributed by atoms with van der Waals surface area (Å²) in [5, 5.41) is 13.0. The van der Waals surface area contributed by atoms with Crippen LogP contribution in [0.4, 0.5) is 5.69 Å². The van der Waals surface area contributed by atoms with Crippen molar-refractivity contribution in [1.82, 2.24) is 30.2 Å². The molecule has 1 saturated carbocycles. The summed E-state index contributed by atoms with van der Waals surface area (Å²) in [6, 6.07) is 7.51. The SMILES string of the molecule is C#CCn1nccc1C(=O)N[C@H](C(=O)Nc1ccc(C[C@@H](NC(=O)CC)C(=O)N2CCN(C)CC2)cc1)C1CCCCCC1. The standard InChI is InChI=1S/C33H45N7O4/c1-4-18-40-28(16-17-34-40)31(42)37-30(25-10-8-6-7-9-11-25)32(43)35-26-14-12-24(13-15-26)23-27(36-29(41)5-2)33(44)39-21-19-38(3)20-22-39/h1,12-17,25,27,30H,5-11,18-23H2,2-3H3,(H,35,43)(H,36,41)(H,37,42)/t27-,30+/m1/s1. The maximum absolute atomic E-state index is 13.7. The molecule has 1 aromatic heterocycles. The van der Waals surface area contributed by atoms with Gasteiger partial charge in [0.2, 0.25) is 17.7 Å². The first-order chi connectivity index (χ1) is 21.3. The predicted octanol–water partition coefficient (Wildman–Crippen LogP) is 2.44. The topological polar surface area (TPSA) is 129 Å². The zero-order valence-electron chi connectivity index (χ0n) is 25.9. The van der Waals surface area contributed by atoms with Gasteiger partial charge in [0, 0.05) is 50.9 Å². The van der Waals surface area contributed by atoms with Crippen LogP contribution in [0.1, 0.15) is 67.9 Å². The minimum Gasteiger partial charge on any atom is -0.344 e. The van der Waals surface area contributed by atoms with E-state index in [1.54, 1.807) is 25.1 Å². The van der Waals surface area contributed by atoms with Crippen LogP contribution in [0.3, 0.4) is 0 Å². The number of nitrogens with zero attached hydrogens (tertiary/aromatic N) is 4. The third-order valence-electron chi connectivity index (χ3n) is 8.56. The molecule has 2 aromatic rings. The van der Waals surface area contributed by atoms with E-state index in [0.29, 0.717) is 37.3 Å². The van der Waals surface area contributed by atoms with Gasteiger partial charge in [0.1, 0.15) is 24.3 Å². The van der Waals surface area contributed by atoms with E-state index in [0.717, 1.165) is 57.2 Å². The molecule has 2 heterocycles. The van der Waals surface area contributed by atoms with Crippen LogP contribution in [0.2, 0.25) is 0 Å². The molecule has 11 nitrogen and oxygen atoms in total. The van der Waals surface area contributed by atoms with Crippen molar-refractivity contribution < 1.29 is 19.2 Å². The maximum Gasteiger partial charge on any atom is 0.270 e. The summed E-state index contributed by atoms with van der Waals surface area (Å²) < 4.78 is 1.45. The Hall–Kier alpha value is -4.17. The molecule has 1 aliphatic heterocycles. The van der Waals surface area contributed by atoms with E-state index in [-0.39, 0.29) is 36.1 Å². The van der Waals surface area contributed by atoms with Crippen molar-refractivity contribution >= 4 is 29.3 Å². The van der Waals surface area contributed by atoms with Crippen LogP contribution < -0.4 is 16.0 Å². The van der Waals surface area contributed by atoms with Crippen LogP contribution in [0, 0.1) is 18.3 Å². The Labute approximate surface area is 260 Å². The van der Waals surface area contributed by atoms with Crippen molar-refractivity contribution in [3.63, 3.8) is 0 Å². The Morgan fingerprint density at radius 3 is 2.30 bits per heavy atom. The number of hydrogen-bond acceptors (Lipinski definition) is 6. The third-order valence-corrected chi connectivity index (χ3v) is 8.56. The van der Waals surface area contributed by atoms with Crippen LogP contribution in [-0.4, -0.2) is 88.5 Å². The molecular weight excluding hydrogens is 558 g/mol. The van der Waals surface area contributed by atoms with Crippen molar-refractivity contribution in [2.24, 2.45) is 5.92 Å². The van der Waals surface area contributed by atoms with Crippen LogP contribution in [0.5, 0.6) is 0 Å². The number of likely N-dealkylation sites (N-methyl/N-ethyl adjacent to an activating group) is 1. The second-order valence-electron chi connectivity index (χ2n) is 11.8. The average Bonchev–Trinajstić information content (AvgIpc) is 3.33. The molecule has 0 bridgehead atoms. The number of hydrogen-bond donors (Lipinski definition) is 3. The molecule has 11 heteroatoms. The minimum atomic E-state index is -0.718. The lowest BCUT2D eigenvalue weighted by molar-refractivity contribution is -0.137. The summed E-state index contributed by atoms with van der Waals surface area (Å²) in [6.07, 6.45) is 13.6. The lowest BCUT2D eigenvalue weighted by Gasteiger charge is -2.34. The van der Waals surface area contributed by atoms with Crippen molar-refractivity contribution in [3.8, 4) is 12.3 Å². The quantitative estimate of drug-likeness (QED) is 0.267. The highest BCUT2D eigenvalue weighted by atomic mass is 16.2. The van der Waals surface area contributed by atoms with Gasteiger partial charge in [-0.1, -0.05) is 50.7 Å². The number of nitrogens with one attached hydrogen (secondary N) is 3. The fourth-order valence-electron chi connectivity index (χ4n) is 5.92. The number of carbonyl (C=O) groups excluding carboxylic acids is 4. The highest BCUT2D eigenvalue weighted by Crippen LogP contribution is 2.27. The zero-order chi connectivity index (χ0) is 31.5. The monoisotopic (exact) mass is 603 g/mol. The number of rotatable bonds is 11. The van der Waals surface area contributed by atoms with Gasteiger partial charge in [-0.3, -0.25) is 19.2 Å². The number of anilines is 1. The number of carbonyl (C=O) groups is 4. The highest BCUT2D eigenvalue weighted by Gasteiger charge is 2.32. The van der Waals surface area contributed by atoms with Gasteiger partial charge < -0.3 is 25.8 Å². The molecular formula is C33H45N7O4. The Balaban J connectivity index is 1.45. The second kappa shape index (κ2) is 16.1. The second-order valence-corrected chi connectivity index (χ2v) is 11.8. The predicted molar refractivity (Wildman–Crippen MR) is 169 cm³/mol. The average molecular weight is 604 g/mol. The van der Waals surface area contributed by atoms with E-state index >= 15 is 0 Å². The largest absolute Gasteiger partial charge is 0.344 e. The van der Waals surface area contributed by atoms with Gasteiger partial charge in [-0.25, -0.2) is 4.68 Å². The van der Waals surface area contributed by atoms with Crippen molar-refractivity contribution in [1.29, 1.82) is 0 Å². The van der Waals surface area contributed by atoms with E-state index in [2.05, 4.69) is 31.9 Å². The van der Waals surface area contributed by atoms with Crippen molar-refractivity contribution in [2.45, 2.75) is 76.9 Å². The molecule has 2 fully saturated rings. The molecule has 0 unspecified atom stereocenters. The molecule has 3 N–H and O–H groups in total. The lowest BCUT2D eigenvalue weighted by atomic mass is 9.91. The summed E-state index contributed by atoms with van der Waals surface area (Å²) >= 11 is 0. The first-order valence-corrected chi connectivity index (χ1v) is 15.7. The molecule has 0 radical (unpaired) electrons. The molecule has 1 aromatic carbocycles. The highest BCUT2D eigenvalue weighted by molar-refractivity contribution is 6.00. The first kappa shape index (κ1) is 32.7. The van der Waals surface area contributed by atoms with Gasteiger partial charge >= 0.3 is 0 Å². The number of aromatic nitrogens is 2. The van der Waals surface area contributed by atoms with Gasteiger partial charge in [-0.15, -0.1) is 6.42 Å². The zero-order valence-corrected chi connectivity index (χ0v) is 25.9. The number of benzene rings is 1. The van der Waals surface area contributed by atoms with Crippen LogP contribution >= 0.6 is 0 Å². The van der Waals surface area contributed by atoms with Gasteiger partial charge in [-0.05, 0) is 49.6 Å². The molecule has 4 rings (SSSR count). The van der Waals surface area contributed by atoms with Gasteiger partial charge in [0.05, 0.1) is 0 Å². The van der Waals surface area contributed by atoms with Gasteiger partial charge in [0.25, 0.3) is 5.91 Å². The summed E-state index contributed by atoms with van der Waals surface area (Å²) in [6.45, 7) is 4.78. The summed E-state index contributed by atoms with van der Waals surface area (Å²) in [4.78, 5) is 56.5. The molecule has 2 aliphatic rings. The summed E-state index contributed by atoms with van der Waals surface area (Å²) in [7, 11) is 2.03. The van der Waals surface area contributed by atoms with Crippen LogP contribution in [0.15, 0.2) is 36.5 Å². The minimum absolute atomic E-state index is 0.00764. The summed E-state index contributed by atoms with van der Waals surface area (Å²) in [5.41, 5.74) is 1.76. The van der Waals surface area contributed by atoms with Crippen LogP contribution in [-0.2, 0) is 27.3 Å². The van der Waals surface area contributed by atoms with Crippen molar-refractivity contribution in [2.75, 3.05) is 38.5 Å². The maximum atomic E-state index is 13.7. The third kappa shape index (κ3) is 8.92. The Morgan fingerprint density at radius 2 is 1.66 bits per heavy atom.